The van der Waals surface area contributed by atoms with Crippen molar-refractivity contribution in [3.8, 4) is 0 Å². The number of aromatic nitrogens is 1. The fourth-order valence-corrected chi connectivity index (χ4v) is 4.04. The molecule has 4 heteroatoms. The highest BCUT2D eigenvalue weighted by molar-refractivity contribution is 7.09. The largest absolute Gasteiger partial charge is 0.378 e. The van der Waals surface area contributed by atoms with Crippen LogP contribution in [-0.4, -0.2) is 23.7 Å². The molecule has 1 aliphatic carbocycles. The van der Waals surface area contributed by atoms with Crippen LogP contribution < -0.4 is 5.32 Å². The number of ether oxygens (including phenoxy) is 1. The first-order chi connectivity index (χ1) is 9.22. The molecule has 0 bridgehead atoms. The first kappa shape index (κ1) is 13.5. The summed E-state index contributed by atoms with van der Waals surface area (Å²) >= 11 is 1.82. The number of nitrogens with zero attached hydrogens (tertiary/aromatic N) is 1. The lowest BCUT2D eigenvalue weighted by atomic mass is 9.85. The minimum Gasteiger partial charge on any atom is -0.378 e. The van der Waals surface area contributed by atoms with E-state index in [9.17, 15) is 0 Å². The van der Waals surface area contributed by atoms with Crippen LogP contribution in [0.2, 0.25) is 0 Å². The Kier molecular flexibility index (Phi) is 3.92. The van der Waals surface area contributed by atoms with Crippen molar-refractivity contribution in [1.82, 2.24) is 10.3 Å². The summed E-state index contributed by atoms with van der Waals surface area (Å²) in [5.41, 5.74) is 1.23. The molecule has 106 valence electrons. The summed E-state index contributed by atoms with van der Waals surface area (Å²) in [5.74, 6) is 0. The fraction of sp³-hybridized carbons (Fsp3) is 0.800. The van der Waals surface area contributed by atoms with E-state index in [-0.39, 0.29) is 5.54 Å². The molecule has 1 aromatic rings. The maximum atomic E-state index is 5.94. The van der Waals surface area contributed by atoms with Gasteiger partial charge in [-0.25, -0.2) is 4.98 Å². The SMILES string of the molecule is CCCC1CC(NC2CC2)(c2nc(C)cs2)CCO1. The lowest BCUT2D eigenvalue weighted by Gasteiger charge is -2.40. The Morgan fingerprint density at radius 1 is 1.53 bits per heavy atom. The highest BCUT2D eigenvalue weighted by Gasteiger charge is 2.43. The molecule has 2 heterocycles. The summed E-state index contributed by atoms with van der Waals surface area (Å²) < 4.78 is 5.94. The van der Waals surface area contributed by atoms with Gasteiger partial charge in [-0.2, -0.15) is 0 Å². The predicted octanol–water partition coefficient (Wildman–Crippen LogP) is 3.38. The molecule has 19 heavy (non-hydrogen) atoms. The topological polar surface area (TPSA) is 34.2 Å². The van der Waals surface area contributed by atoms with Gasteiger partial charge in [0.05, 0.1) is 11.6 Å². The molecule has 1 saturated heterocycles. The quantitative estimate of drug-likeness (QED) is 0.898. The zero-order valence-corrected chi connectivity index (χ0v) is 12.8. The molecule has 0 amide bonds. The van der Waals surface area contributed by atoms with Crippen LogP contribution in [0, 0.1) is 6.92 Å². The van der Waals surface area contributed by atoms with E-state index in [0.29, 0.717) is 12.1 Å². The summed E-state index contributed by atoms with van der Waals surface area (Å²) in [5, 5.41) is 7.35. The fourth-order valence-electron chi connectivity index (χ4n) is 3.04. The minimum atomic E-state index is 0.0815. The van der Waals surface area contributed by atoms with Crippen LogP contribution in [0.15, 0.2) is 5.38 Å². The lowest BCUT2D eigenvalue weighted by molar-refractivity contribution is -0.0356. The number of hydrogen-bond donors (Lipinski definition) is 1. The van der Waals surface area contributed by atoms with Gasteiger partial charge in [-0.1, -0.05) is 13.3 Å². The Labute approximate surface area is 119 Å². The van der Waals surface area contributed by atoms with E-state index in [1.54, 1.807) is 0 Å². The van der Waals surface area contributed by atoms with Gasteiger partial charge < -0.3 is 10.1 Å². The van der Waals surface area contributed by atoms with Gasteiger partial charge in [-0.05, 0) is 39.0 Å². The summed E-state index contributed by atoms with van der Waals surface area (Å²) in [6.45, 7) is 5.19. The Morgan fingerprint density at radius 3 is 3.00 bits per heavy atom. The van der Waals surface area contributed by atoms with Gasteiger partial charge in [0.25, 0.3) is 0 Å². The smallest absolute Gasteiger partial charge is 0.113 e. The molecule has 2 atom stereocenters. The van der Waals surface area contributed by atoms with E-state index in [1.807, 2.05) is 11.3 Å². The van der Waals surface area contributed by atoms with Crippen molar-refractivity contribution >= 4 is 11.3 Å². The van der Waals surface area contributed by atoms with Gasteiger partial charge in [0.1, 0.15) is 5.01 Å². The third-order valence-corrected chi connectivity index (χ3v) is 5.32. The van der Waals surface area contributed by atoms with Crippen LogP contribution in [-0.2, 0) is 10.3 Å². The normalized spacial score (nSPS) is 31.6. The number of aryl methyl sites for hydroxylation is 1. The molecule has 1 aromatic heterocycles. The first-order valence-corrected chi connectivity index (χ1v) is 8.42. The van der Waals surface area contributed by atoms with E-state index in [0.717, 1.165) is 25.1 Å². The third kappa shape index (κ3) is 3.01. The maximum Gasteiger partial charge on any atom is 0.113 e. The van der Waals surface area contributed by atoms with Gasteiger partial charge in [0, 0.05) is 23.7 Å². The van der Waals surface area contributed by atoms with Gasteiger partial charge in [0.2, 0.25) is 0 Å². The second-order valence-corrected chi connectivity index (χ2v) is 6.89. The van der Waals surface area contributed by atoms with Crippen molar-refractivity contribution in [3.05, 3.63) is 16.1 Å². The number of nitrogens with one attached hydrogen (secondary N) is 1. The van der Waals surface area contributed by atoms with E-state index in [2.05, 4.69) is 24.5 Å². The highest BCUT2D eigenvalue weighted by atomic mass is 32.1. The first-order valence-electron chi connectivity index (χ1n) is 7.54. The molecule has 0 aromatic carbocycles. The van der Waals surface area contributed by atoms with Gasteiger partial charge >= 0.3 is 0 Å². The summed E-state index contributed by atoms with van der Waals surface area (Å²) in [4.78, 5) is 4.78. The van der Waals surface area contributed by atoms with Crippen LogP contribution in [0.5, 0.6) is 0 Å². The van der Waals surface area contributed by atoms with Crippen LogP contribution in [0.25, 0.3) is 0 Å². The number of thiazole rings is 1. The second kappa shape index (κ2) is 5.51. The van der Waals surface area contributed by atoms with Crippen molar-refractivity contribution < 1.29 is 4.74 Å². The number of rotatable bonds is 5. The average molecular weight is 280 g/mol. The molecule has 1 aliphatic heterocycles. The van der Waals surface area contributed by atoms with Crippen molar-refractivity contribution in [3.63, 3.8) is 0 Å². The van der Waals surface area contributed by atoms with Crippen molar-refractivity contribution in [2.45, 2.75) is 70.1 Å². The number of hydrogen-bond acceptors (Lipinski definition) is 4. The van der Waals surface area contributed by atoms with Crippen molar-refractivity contribution in [1.29, 1.82) is 0 Å². The highest BCUT2D eigenvalue weighted by Crippen LogP contribution is 2.40. The molecule has 2 unspecified atom stereocenters. The van der Waals surface area contributed by atoms with Gasteiger partial charge in [0.15, 0.2) is 0 Å². The van der Waals surface area contributed by atoms with Crippen LogP contribution >= 0.6 is 11.3 Å². The van der Waals surface area contributed by atoms with Crippen LogP contribution in [0.4, 0.5) is 0 Å². The summed E-state index contributed by atoms with van der Waals surface area (Å²) in [7, 11) is 0. The lowest BCUT2D eigenvalue weighted by Crippen LogP contribution is -2.50. The van der Waals surface area contributed by atoms with E-state index in [4.69, 9.17) is 9.72 Å². The van der Waals surface area contributed by atoms with Crippen LogP contribution in [0.1, 0.15) is 56.2 Å². The zero-order valence-electron chi connectivity index (χ0n) is 11.9. The molecule has 0 spiro atoms. The molecule has 3 rings (SSSR count). The molecule has 0 radical (unpaired) electrons. The average Bonchev–Trinajstić information content (AvgIpc) is 3.08. The van der Waals surface area contributed by atoms with Gasteiger partial charge in [-0.15, -0.1) is 11.3 Å². The maximum absolute atomic E-state index is 5.94. The Morgan fingerprint density at radius 2 is 2.37 bits per heavy atom. The van der Waals surface area contributed by atoms with Gasteiger partial charge in [-0.3, -0.25) is 0 Å². The second-order valence-electron chi connectivity index (χ2n) is 6.03. The van der Waals surface area contributed by atoms with Crippen molar-refractivity contribution in [2.24, 2.45) is 0 Å². The minimum absolute atomic E-state index is 0.0815. The molecule has 1 N–H and O–H groups in total. The Bertz CT molecular complexity index is 428. The Balaban J connectivity index is 1.82. The van der Waals surface area contributed by atoms with E-state index in [1.165, 1.54) is 30.7 Å². The predicted molar refractivity (Wildman–Crippen MR) is 78.6 cm³/mol. The molecular formula is C15H24N2OS. The van der Waals surface area contributed by atoms with Crippen molar-refractivity contribution in [2.75, 3.05) is 6.61 Å². The zero-order chi connectivity index (χ0) is 13.3. The monoisotopic (exact) mass is 280 g/mol. The van der Waals surface area contributed by atoms with E-state index < -0.39 is 0 Å². The third-order valence-electron chi connectivity index (χ3n) is 4.16. The van der Waals surface area contributed by atoms with Crippen LogP contribution in [0.3, 0.4) is 0 Å². The molecule has 3 nitrogen and oxygen atoms in total. The van der Waals surface area contributed by atoms with E-state index >= 15 is 0 Å². The summed E-state index contributed by atoms with van der Waals surface area (Å²) in [6, 6.07) is 0.713. The Hall–Kier alpha value is -0.450. The molecule has 1 saturated carbocycles. The molecule has 2 fully saturated rings. The summed E-state index contributed by atoms with van der Waals surface area (Å²) in [6.07, 6.45) is 7.56. The standard InChI is InChI=1S/C15H24N2OS/c1-3-4-13-9-15(7-8-18-13,17-12-5-6-12)14-16-11(2)10-19-14/h10,12-13,17H,3-9H2,1-2H3. The molecular weight excluding hydrogens is 256 g/mol. The molecule has 2 aliphatic rings.